The SMILES string of the molecule is COc1ccc([C@H]2[C@@H]3CN(C(=O)Cn4c(C)cc(C)nc4=O)C[C@@H]3CN2C)cc1. The Hall–Kier alpha value is -2.67. The summed E-state index contributed by atoms with van der Waals surface area (Å²) in [6.07, 6.45) is 0. The van der Waals surface area contributed by atoms with Crippen molar-refractivity contribution in [2.24, 2.45) is 11.8 Å². The third-order valence-corrected chi connectivity index (χ3v) is 6.34. The largest absolute Gasteiger partial charge is 0.497 e. The molecule has 0 bridgehead atoms. The molecule has 4 rings (SSSR count). The lowest BCUT2D eigenvalue weighted by atomic mass is 9.89. The summed E-state index contributed by atoms with van der Waals surface area (Å²) in [6.45, 7) is 6.12. The fraction of sp³-hybridized carbons (Fsp3) is 0.500. The van der Waals surface area contributed by atoms with Crippen LogP contribution < -0.4 is 10.4 Å². The number of methoxy groups -OCH3 is 1. The van der Waals surface area contributed by atoms with Crippen LogP contribution in [0.3, 0.4) is 0 Å². The molecule has 2 aliphatic rings. The molecule has 1 aromatic carbocycles. The number of fused-ring (bicyclic) bond motifs is 1. The number of nitrogens with zero attached hydrogens (tertiary/aromatic N) is 4. The zero-order valence-corrected chi connectivity index (χ0v) is 17.5. The summed E-state index contributed by atoms with van der Waals surface area (Å²) in [5, 5.41) is 0. The molecule has 0 N–H and O–H groups in total. The summed E-state index contributed by atoms with van der Waals surface area (Å²) >= 11 is 0. The van der Waals surface area contributed by atoms with Crippen LogP contribution in [0.4, 0.5) is 0 Å². The quantitative estimate of drug-likeness (QED) is 0.786. The minimum absolute atomic E-state index is 0.00797. The number of rotatable bonds is 4. The van der Waals surface area contributed by atoms with E-state index in [4.69, 9.17) is 4.74 Å². The van der Waals surface area contributed by atoms with E-state index < -0.39 is 0 Å². The van der Waals surface area contributed by atoms with Gasteiger partial charge in [0.25, 0.3) is 0 Å². The zero-order valence-electron chi connectivity index (χ0n) is 17.5. The van der Waals surface area contributed by atoms with E-state index in [0.29, 0.717) is 17.5 Å². The summed E-state index contributed by atoms with van der Waals surface area (Å²) in [5.41, 5.74) is 2.35. The van der Waals surface area contributed by atoms with Crippen LogP contribution in [0.2, 0.25) is 0 Å². The second kappa shape index (κ2) is 7.63. The molecule has 29 heavy (non-hydrogen) atoms. The molecule has 1 amide bonds. The van der Waals surface area contributed by atoms with E-state index in [1.165, 1.54) is 10.1 Å². The Bertz CT molecular complexity index is 969. The molecule has 2 saturated heterocycles. The summed E-state index contributed by atoms with van der Waals surface area (Å²) in [5.74, 6) is 1.68. The third-order valence-electron chi connectivity index (χ3n) is 6.34. The first kappa shape index (κ1) is 19.6. The fourth-order valence-electron chi connectivity index (χ4n) is 4.97. The van der Waals surface area contributed by atoms with Gasteiger partial charge in [0.1, 0.15) is 12.3 Å². The van der Waals surface area contributed by atoms with E-state index in [-0.39, 0.29) is 24.2 Å². The molecular weight excluding hydrogens is 368 g/mol. The number of amides is 1. The molecule has 0 spiro atoms. The van der Waals surface area contributed by atoms with Crippen LogP contribution in [0.25, 0.3) is 0 Å². The Morgan fingerprint density at radius 1 is 1.17 bits per heavy atom. The lowest BCUT2D eigenvalue weighted by Crippen LogP contribution is -2.38. The van der Waals surface area contributed by atoms with Crippen molar-refractivity contribution < 1.29 is 9.53 Å². The molecule has 154 valence electrons. The van der Waals surface area contributed by atoms with Crippen molar-refractivity contribution in [1.29, 1.82) is 0 Å². The van der Waals surface area contributed by atoms with Crippen LogP contribution >= 0.6 is 0 Å². The number of carbonyl (C=O) groups is 1. The lowest BCUT2D eigenvalue weighted by Gasteiger charge is -2.27. The molecule has 2 aromatic rings. The van der Waals surface area contributed by atoms with Gasteiger partial charge in [-0.2, -0.15) is 4.98 Å². The van der Waals surface area contributed by atoms with Crippen molar-refractivity contribution in [2.45, 2.75) is 26.4 Å². The van der Waals surface area contributed by atoms with Gasteiger partial charge in [0.05, 0.1) is 7.11 Å². The molecule has 7 heteroatoms. The van der Waals surface area contributed by atoms with Gasteiger partial charge in [-0.3, -0.25) is 14.3 Å². The Morgan fingerprint density at radius 3 is 2.55 bits per heavy atom. The Balaban J connectivity index is 1.49. The second-order valence-corrected chi connectivity index (χ2v) is 8.29. The van der Waals surface area contributed by atoms with E-state index in [1.54, 1.807) is 14.0 Å². The number of hydrogen-bond donors (Lipinski definition) is 0. The number of likely N-dealkylation sites (tertiary alicyclic amines) is 2. The monoisotopic (exact) mass is 396 g/mol. The van der Waals surface area contributed by atoms with Crippen LogP contribution in [0.5, 0.6) is 5.75 Å². The number of aryl methyl sites for hydroxylation is 2. The maximum Gasteiger partial charge on any atom is 0.348 e. The van der Waals surface area contributed by atoms with E-state index in [9.17, 15) is 9.59 Å². The predicted molar refractivity (Wildman–Crippen MR) is 110 cm³/mol. The van der Waals surface area contributed by atoms with Gasteiger partial charge in [-0.05, 0) is 50.6 Å². The van der Waals surface area contributed by atoms with Crippen molar-refractivity contribution >= 4 is 5.91 Å². The van der Waals surface area contributed by atoms with E-state index in [2.05, 4.69) is 29.1 Å². The molecule has 3 atom stereocenters. The first-order valence-corrected chi connectivity index (χ1v) is 10.0. The lowest BCUT2D eigenvalue weighted by molar-refractivity contribution is -0.131. The Morgan fingerprint density at radius 2 is 1.90 bits per heavy atom. The average Bonchev–Trinajstić information content (AvgIpc) is 3.21. The standard InChI is InChI=1S/C22H28N4O3/c1-14-9-15(2)26(22(28)23-14)13-20(27)25-11-17-10-24(3)21(19(17)12-25)16-5-7-18(29-4)8-6-16/h5-9,17,19,21H,10-13H2,1-4H3/t17-,19+,21-/m0/s1. The van der Waals surface area contributed by atoms with Crippen molar-refractivity contribution in [3.63, 3.8) is 0 Å². The highest BCUT2D eigenvalue weighted by Crippen LogP contribution is 2.44. The van der Waals surface area contributed by atoms with Gasteiger partial charge in [0.2, 0.25) is 5.91 Å². The molecule has 2 fully saturated rings. The molecular formula is C22H28N4O3. The summed E-state index contributed by atoms with van der Waals surface area (Å²) < 4.78 is 6.75. The highest BCUT2D eigenvalue weighted by atomic mass is 16.5. The van der Waals surface area contributed by atoms with Gasteiger partial charge in [-0.1, -0.05) is 12.1 Å². The van der Waals surface area contributed by atoms with Gasteiger partial charge < -0.3 is 9.64 Å². The second-order valence-electron chi connectivity index (χ2n) is 8.29. The van der Waals surface area contributed by atoms with Gasteiger partial charge in [-0.25, -0.2) is 4.79 Å². The number of aromatic nitrogens is 2. The molecule has 3 heterocycles. The van der Waals surface area contributed by atoms with Crippen molar-refractivity contribution in [3.8, 4) is 5.75 Å². The zero-order chi connectivity index (χ0) is 20.7. The van der Waals surface area contributed by atoms with Gasteiger partial charge in [-0.15, -0.1) is 0 Å². The molecule has 2 aliphatic heterocycles. The van der Waals surface area contributed by atoms with Crippen molar-refractivity contribution in [2.75, 3.05) is 33.8 Å². The molecule has 0 unspecified atom stereocenters. The summed E-state index contributed by atoms with van der Waals surface area (Å²) in [7, 11) is 3.82. The van der Waals surface area contributed by atoms with Crippen molar-refractivity contribution in [3.05, 3.63) is 57.8 Å². The van der Waals surface area contributed by atoms with Crippen LogP contribution in [0.15, 0.2) is 35.1 Å². The number of carbonyl (C=O) groups excluding carboxylic acids is 1. The normalized spacial score (nSPS) is 24.0. The summed E-state index contributed by atoms with van der Waals surface area (Å²) in [4.78, 5) is 33.4. The summed E-state index contributed by atoms with van der Waals surface area (Å²) in [6, 6.07) is 10.3. The molecule has 1 aromatic heterocycles. The smallest absolute Gasteiger partial charge is 0.348 e. The molecule has 7 nitrogen and oxygen atoms in total. The number of benzene rings is 1. The van der Waals surface area contributed by atoms with Gasteiger partial charge >= 0.3 is 5.69 Å². The van der Waals surface area contributed by atoms with E-state index in [0.717, 1.165) is 31.1 Å². The highest BCUT2D eigenvalue weighted by molar-refractivity contribution is 5.76. The highest BCUT2D eigenvalue weighted by Gasteiger charge is 2.47. The van der Waals surface area contributed by atoms with Gasteiger partial charge in [0, 0.05) is 43.0 Å². The van der Waals surface area contributed by atoms with Crippen LogP contribution in [0.1, 0.15) is 23.0 Å². The average molecular weight is 396 g/mol. The van der Waals surface area contributed by atoms with Crippen LogP contribution in [0, 0.1) is 25.7 Å². The molecule has 0 aliphatic carbocycles. The van der Waals surface area contributed by atoms with Crippen molar-refractivity contribution in [1.82, 2.24) is 19.4 Å². The Kier molecular flexibility index (Phi) is 5.17. The first-order chi connectivity index (χ1) is 13.9. The van der Waals surface area contributed by atoms with Crippen LogP contribution in [-0.2, 0) is 11.3 Å². The maximum atomic E-state index is 13.0. The predicted octanol–water partition coefficient (Wildman–Crippen LogP) is 1.63. The number of ether oxygens (including phenoxy) is 1. The minimum atomic E-state index is -0.355. The first-order valence-electron chi connectivity index (χ1n) is 10.0. The third kappa shape index (κ3) is 3.67. The molecule has 0 radical (unpaired) electrons. The van der Waals surface area contributed by atoms with Gasteiger partial charge in [0.15, 0.2) is 0 Å². The molecule has 0 saturated carbocycles. The Labute approximate surface area is 170 Å². The van der Waals surface area contributed by atoms with Crippen LogP contribution in [-0.4, -0.2) is 59.0 Å². The minimum Gasteiger partial charge on any atom is -0.497 e. The topological polar surface area (TPSA) is 67.7 Å². The van der Waals surface area contributed by atoms with E-state index >= 15 is 0 Å². The maximum absolute atomic E-state index is 13.0. The number of hydrogen-bond acceptors (Lipinski definition) is 5. The van der Waals surface area contributed by atoms with E-state index in [1.807, 2.05) is 30.0 Å². The fourth-order valence-corrected chi connectivity index (χ4v) is 4.97.